The van der Waals surface area contributed by atoms with Crippen LogP contribution in [0.1, 0.15) is 54.7 Å². The molecule has 0 bridgehead atoms. The molecule has 2 aliphatic rings. The molecule has 0 spiro atoms. The molecule has 150 valence electrons. The molecule has 4 rings (SSSR count). The number of fused-ring (bicyclic) bond motifs is 1. The quantitative estimate of drug-likeness (QED) is 0.848. The van der Waals surface area contributed by atoms with Crippen molar-refractivity contribution in [3.63, 3.8) is 0 Å². The second-order valence-corrected chi connectivity index (χ2v) is 8.15. The van der Waals surface area contributed by atoms with Gasteiger partial charge in [0, 0.05) is 30.6 Å². The molecule has 2 heterocycles. The number of hydrogen-bond donors (Lipinski definition) is 2. The summed E-state index contributed by atoms with van der Waals surface area (Å²) in [7, 11) is 0. The number of aryl methyl sites for hydroxylation is 2. The Morgan fingerprint density at radius 2 is 2.04 bits per heavy atom. The monoisotopic (exact) mass is 383 g/mol. The van der Waals surface area contributed by atoms with Crippen molar-refractivity contribution in [1.82, 2.24) is 15.4 Å². The number of aromatic nitrogens is 1. The third kappa shape index (κ3) is 3.30. The summed E-state index contributed by atoms with van der Waals surface area (Å²) in [6.45, 7) is 4.71. The molecular formula is C22H29N3O3. The second-order valence-electron chi connectivity index (χ2n) is 8.15. The lowest BCUT2D eigenvalue weighted by Gasteiger charge is -2.52. The van der Waals surface area contributed by atoms with Gasteiger partial charge in [0.1, 0.15) is 5.76 Å². The summed E-state index contributed by atoms with van der Waals surface area (Å²) >= 11 is 0. The molecule has 2 fully saturated rings. The van der Waals surface area contributed by atoms with Crippen molar-refractivity contribution in [2.45, 2.75) is 64.1 Å². The minimum Gasteiger partial charge on any atom is -0.385 e. The maximum Gasteiger partial charge on any atom is 0.317 e. The first-order chi connectivity index (χ1) is 13.5. The highest BCUT2D eigenvalue weighted by Crippen LogP contribution is 2.46. The Balaban J connectivity index is 1.51. The minimum absolute atomic E-state index is 0.0630. The summed E-state index contributed by atoms with van der Waals surface area (Å²) in [5.74, 6) is 0.813. The number of benzene rings is 1. The Bertz CT molecular complexity index is 815. The largest absolute Gasteiger partial charge is 0.385 e. The molecule has 2 aromatic rings. The third-order valence-corrected chi connectivity index (χ3v) is 6.61. The lowest BCUT2D eigenvalue weighted by Crippen LogP contribution is -2.60. The van der Waals surface area contributed by atoms with Gasteiger partial charge in [0.05, 0.1) is 11.3 Å². The van der Waals surface area contributed by atoms with E-state index in [4.69, 9.17) is 4.52 Å². The molecule has 2 N–H and O–H groups in total. The van der Waals surface area contributed by atoms with Crippen LogP contribution in [0.3, 0.4) is 0 Å². The van der Waals surface area contributed by atoms with Gasteiger partial charge in [0.15, 0.2) is 0 Å². The van der Waals surface area contributed by atoms with Crippen molar-refractivity contribution in [3.05, 3.63) is 52.9 Å². The number of urea groups is 1. The number of nitrogens with one attached hydrogen (secondary N) is 1. The summed E-state index contributed by atoms with van der Waals surface area (Å²) in [5.41, 5.74) is 1.87. The van der Waals surface area contributed by atoms with E-state index in [9.17, 15) is 9.90 Å². The Hall–Kier alpha value is -2.34. The van der Waals surface area contributed by atoms with Gasteiger partial charge in [-0.15, -0.1) is 0 Å². The van der Waals surface area contributed by atoms with E-state index < -0.39 is 5.60 Å². The van der Waals surface area contributed by atoms with Gasteiger partial charge >= 0.3 is 6.03 Å². The fourth-order valence-electron chi connectivity index (χ4n) is 5.04. The summed E-state index contributed by atoms with van der Waals surface area (Å²) in [6.07, 6.45) is 4.66. The van der Waals surface area contributed by atoms with Crippen LogP contribution in [0.5, 0.6) is 0 Å². The number of likely N-dealkylation sites (tertiary alicyclic amines) is 1. The molecule has 3 atom stereocenters. The van der Waals surface area contributed by atoms with Crippen LogP contribution in [-0.4, -0.2) is 33.8 Å². The lowest BCUT2D eigenvalue weighted by molar-refractivity contribution is -0.108. The predicted octanol–water partition coefficient (Wildman–Crippen LogP) is 3.65. The zero-order chi connectivity index (χ0) is 19.7. The van der Waals surface area contributed by atoms with Crippen molar-refractivity contribution in [3.8, 4) is 0 Å². The van der Waals surface area contributed by atoms with Crippen molar-refractivity contribution in [2.75, 3.05) is 6.54 Å². The van der Waals surface area contributed by atoms with Crippen LogP contribution >= 0.6 is 0 Å². The maximum atomic E-state index is 13.0. The maximum absolute atomic E-state index is 13.0. The lowest BCUT2D eigenvalue weighted by atomic mass is 9.66. The van der Waals surface area contributed by atoms with E-state index in [1.54, 1.807) is 0 Å². The molecule has 2 amide bonds. The van der Waals surface area contributed by atoms with E-state index in [2.05, 4.69) is 10.5 Å². The van der Waals surface area contributed by atoms with Gasteiger partial charge in [-0.05, 0) is 38.7 Å². The molecule has 6 nitrogen and oxygen atoms in total. The van der Waals surface area contributed by atoms with Gasteiger partial charge in [-0.1, -0.05) is 48.3 Å². The molecule has 0 unspecified atom stereocenters. The van der Waals surface area contributed by atoms with E-state index in [1.807, 2.05) is 49.1 Å². The fraction of sp³-hybridized carbons (Fsp3) is 0.545. The normalized spacial score (nSPS) is 27.3. The Kier molecular flexibility index (Phi) is 5.15. The predicted molar refractivity (Wildman–Crippen MR) is 106 cm³/mol. The number of aliphatic hydroxyl groups is 1. The number of rotatable bonds is 3. The molecule has 1 aromatic heterocycles. The van der Waals surface area contributed by atoms with Crippen LogP contribution in [0.15, 0.2) is 34.9 Å². The van der Waals surface area contributed by atoms with E-state index in [0.717, 1.165) is 48.3 Å². The van der Waals surface area contributed by atoms with Crippen LogP contribution < -0.4 is 5.32 Å². The summed E-state index contributed by atoms with van der Waals surface area (Å²) < 4.78 is 5.19. The minimum atomic E-state index is -0.856. The first-order valence-electron chi connectivity index (χ1n) is 10.2. The second kappa shape index (κ2) is 7.59. The Morgan fingerprint density at radius 3 is 2.75 bits per heavy atom. The van der Waals surface area contributed by atoms with Crippen molar-refractivity contribution in [1.29, 1.82) is 0 Å². The van der Waals surface area contributed by atoms with Gasteiger partial charge in [-0.2, -0.15) is 0 Å². The number of carbonyl (C=O) groups excluding carboxylic acids is 1. The zero-order valence-corrected chi connectivity index (χ0v) is 16.6. The Morgan fingerprint density at radius 1 is 1.29 bits per heavy atom. The standard InChI is InChI=1S/C22H29N3O3/c1-15-18(16(2)28-24-15)14-23-21(26)25-13-12-22(27,17-8-4-3-5-9-17)19-10-6-7-11-20(19)25/h3-5,8-9,19-20,27H,6-7,10-14H2,1-2H3,(H,23,26)/t19-,20+,22+/m0/s1. The first kappa shape index (κ1) is 19.0. The third-order valence-electron chi connectivity index (χ3n) is 6.61. The molecule has 1 aliphatic carbocycles. The van der Waals surface area contributed by atoms with Gasteiger partial charge in [0.2, 0.25) is 0 Å². The SMILES string of the molecule is Cc1noc(C)c1CNC(=O)N1CC[C@@](O)(c2ccccc2)[C@H]2CCCC[C@H]21. The molecule has 0 radical (unpaired) electrons. The molecule has 1 saturated carbocycles. The molecule has 28 heavy (non-hydrogen) atoms. The molecule has 1 aliphatic heterocycles. The van der Waals surface area contributed by atoms with E-state index >= 15 is 0 Å². The van der Waals surface area contributed by atoms with E-state index in [0.29, 0.717) is 19.5 Å². The van der Waals surface area contributed by atoms with Crippen molar-refractivity contribution < 1.29 is 14.4 Å². The molecule has 6 heteroatoms. The highest BCUT2D eigenvalue weighted by Gasteiger charge is 2.50. The Labute approximate surface area is 165 Å². The number of piperidine rings is 1. The number of carbonyl (C=O) groups is 1. The van der Waals surface area contributed by atoms with Crippen LogP contribution in [-0.2, 0) is 12.1 Å². The molecular weight excluding hydrogens is 354 g/mol. The highest BCUT2D eigenvalue weighted by atomic mass is 16.5. The van der Waals surface area contributed by atoms with E-state index in [-0.39, 0.29) is 18.0 Å². The summed E-state index contributed by atoms with van der Waals surface area (Å²) in [5, 5.41) is 18.6. The van der Waals surface area contributed by atoms with Gasteiger partial charge in [0.25, 0.3) is 0 Å². The van der Waals surface area contributed by atoms with Crippen LogP contribution in [0.25, 0.3) is 0 Å². The summed E-state index contributed by atoms with van der Waals surface area (Å²) in [6, 6.07) is 9.96. The number of amides is 2. The first-order valence-corrected chi connectivity index (χ1v) is 10.2. The van der Waals surface area contributed by atoms with Gasteiger partial charge in [-0.3, -0.25) is 0 Å². The van der Waals surface area contributed by atoms with Crippen molar-refractivity contribution >= 4 is 6.03 Å². The van der Waals surface area contributed by atoms with Crippen molar-refractivity contribution in [2.24, 2.45) is 5.92 Å². The average molecular weight is 383 g/mol. The molecule has 1 aromatic carbocycles. The zero-order valence-electron chi connectivity index (χ0n) is 16.6. The average Bonchev–Trinajstić information content (AvgIpc) is 3.05. The topological polar surface area (TPSA) is 78.6 Å². The van der Waals surface area contributed by atoms with Crippen LogP contribution in [0, 0.1) is 19.8 Å². The van der Waals surface area contributed by atoms with Gasteiger partial charge < -0.3 is 19.8 Å². The highest BCUT2D eigenvalue weighted by molar-refractivity contribution is 5.75. The number of hydrogen-bond acceptors (Lipinski definition) is 4. The smallest absolute Gasteiger partial charge is 0.317 e. The van der Waals surface area contributed by atoms with E-state index in [1.165, 1.54) is 0 Å². The molecule has 1 saturated heterocycles. The fourth-order valence-corrected chi connectivity index (χ4v) is 5.04. The number of nitrogens with zero attached hydrogens (tertiary/aromatic N) is 2. The van der Waals surface area contributed by atoms with Gasteiger partial charge in [-0.25, -0.2) is 4.79 Å². The summed E-state index contributed by atoms with van der Waals surface area (Å²) in [4.78, 5) is 14.9. The van der Waals surface area contributed by atoms with Crippen LogP contribution in [0.2, 0.25) is 0 Å². The van der Waals surface area contributed by atoms with Crippen LogP contribution in [0.4, 0.5) is 4.79 Å².